The summed E-state index contributed by atoms with van der Waals surface area (Å²) in [5.41, 5.74) is 0.507. The van der Waals surface area contributed by atoms with Gasteiger partial charge in [-0.1, -0.05) is 34.1 Å². The lowest BCUT2D eigenvalue weighted by Crippen LogP contribution is -2.45. The molecule has 128 valence electrons. The number of allylic oxidation sites excluding steroid dienone is 1. The zero-order valence-electron chi connectivity index (χ0n) is 13.5. The summed E-state index contributed by atoms with van der Waals surface area (Å²) in [5.74, 6) is -1.90. The number of carbonyl (C=O) groups is 3. The monoisotopic (exact) mass is 401 g/mol. The van der Waals surface area contributed by atoms with E-state index in [1.165, 1.54) is 4.90 Å². The first-order chi connectivity index (χ1) is 12.0. The molecular formula is C18H16BrN3O3. The standard InChI is InChI=1S/C18H16BrN3O3/c1-2-21-17(24)13-12-4-3-9-20-22(12)15(14(13)18(21)25)16(23)10-5-7-11(19)8-6-10/h3-9,12-15H,2H2,1H3/t12-,13-,14+,15-/m0/s1. The average molecular weight is 402 g/mol. The van der Waals surface area contributed by atoms with E-state index in [0.29, 0.717) is 12.1 Å². The van der Waals surface area contributed by atoms with Gasteiger partial charge in [-0.3, -0.25) is 24.3 Å². The summed E-state index contributed by atoms with van der Waals surface area (Å²) in [6.07, 6.45) is 5.20. The van der Waals surface area contributed by atoms with Crippen molar-refractivity contribution in [3.63, 3.8) is 0 Å². The van der Waals surface area contributed by atoms with Gasteiger partial charge < -0.3 is 0 Å². The molecule has 0 aromatic heterocycles. The van der Waals surface area contributed by atoms with Gasteiger partial charge in [0.2, 0.25) is 11.8 Å². The largest absolute Gasteiger partial charge is 0.292 e. The zero-order valence-corrected chi connectivity index (χ0v) is 15.1. The van der Waals surface area contributed by atoms with Gasteiger partial charge >= 0.3 is 0 Å². The van der Waals surface area contributed by atoms with Gasteiger partial charge in [0.25, 0.3) is 0 Å². The predicted molar refractivity (Wildman–Crippen MR) is 94.9 cm³/mol. The number of nitrogens with zero attached hydrogens (tertiary/aromatic N) is 3. The lowest BCUT2D eigenvalue weighted by Gasteiger charge is -2.30. The van der Waals surface area contributed by atoms with Gasteiger partial charge in [0.05, 0.1) is 17.9 Å². The highest BCUT2D eigenvalue weighted by molar-refractivity contribution is 9.10. The van der Waals surface area contributed by atoms with Crippen LogP contribution >= 0.6 is 15.9 Å². The molecule has 7 heteroatoms. The molecule has 2 fully saturated rings. The summed E-state index contributed by atoms with van der Waals surface area (Å²) in [7, 11) is 0. The highest BCUT2D eigenvalue weighted by Crippen LogP contribution is 2.44. The molecule has 25 heavy (non-hydrogen) atoms. The molecule has 3 aliphatic heterocycles. The Labute approximate surface area is 153 Å². The summed E-state index contributed by atoms with van der Waals surface area (Å²) in [6.45, 7) is 2.10. The molecule has 0 unspecified atom stereocenters. The third-order valence-electron chi connectivity index (χ3n) is 5.10. The molecule has 3 heterocycles. The number of likely N-dealkylation sites (tertiary alicyclic amines) is 1. The molecule has 0 spiro atoms. The Morgan fingerprint density at radius 2 is 1.84 bits per heavy atom. The third kappa shape index (κ3) is 2.29. The first-order valence-electron chi connectivity index (χ1n) is 8.18. The van der Waals surface area contributed by atoms with Gasteiger partial charge in [-0.15, -0.1) is 0 Å². The number of halogens is 1. The SMILES string of the molecule is CCN1C(=O)[C@@H]2[C@@H](C1=O)[C@@H]1C=CC=NN1[C@@H]2C(=O)c1ccc(Br)cc1. The Hall–Kier alpha value is -2.28. The van der Waals surface area contributed by atoms with Crippen LogP contribution in [-0.4, -0.2) is 52.3 Å². The number of imide groups is 1. The summed E-state index contributed by atoms with van der Waals surface area (Å²) >= 11 is 3.35. The van der Waals surface area contributed by atoms with Gasteiger partial charge in [-0.05, 0) is 25.1 Å². The Balaban J connectivity index is 1.77. The van der Waals surface area contributed by atoms with Gasteiger partial charge in [0, 0.05) is 22.8 Å². The zero-order chi connectivity index (χ0) is 17.7. The van der Waals surface area contributed by atoms with E-state index in [-0.39, 0.29) is 23.6 Å². The van der Waals surface area contributed by atoms with Crippen LogP contribution in [0.1, 0.15) is 17.3 Å². The highest BCUT2D eigenvalue weighted by atomic mass is 79.9. The lowest BCUT2D eigenvalue weighted by molar-refractivity contribution is -0.141. The van der Waals surface area contributed by atoms with Crippen molar-refractivity contribution in [3.8, 4) is 0 Å². The first-order valence-corrected chi connectivity index (χ1v) is 8.98. The highest BCUT2D eigenvalue weighted by Gasteiger charge is 2.63. The second-order valence-corrected chi connectivity index (χ2v) is 7.22. The topological polar surface area (TPSA) is 70.1 Å². The average Bonchev–Trinajstić information content (AvgIpc) is 3.08. The third-order valence-corrected chi connectivity index (χ3v) is 5.62. The molecule has 2 amide bonds. The van der Waals surface area contributed by atoms with Crippen molar-refractivity contribution in [1.82, 2.24) is 9.91 Å². The molecule has 4 atom stereocenters. The molecule has 3 aliphatic rings. The summed E-state index contributed by atoms with van der Waals surface area (Å²) in [5, 5.41) is 5.94. The van der Waals surface area contributed by atoms with Crippen molar-refractivity contribution in [2.45, 2.75) is 19.0 Å². The van der Waals surface area contributed by atoms with E-state index in [1.54, 1.807) is 48.5 Å². The maximum Gasteiger partial charge on any atom is 0.235 e. The van der Waals surface area contributed by atoms with Gasteiger partial charge in [-0.25, -0.2) is 0 Å². The molecule has 0 saturated carbocycles. The van der Waals surface area contributed by atoms with Crippen molar-refractivity contribution in [2.75, 3.05) is 6.54 Å². The van der Waals surface area contributed by atoms with E-state index in [4.69, 9.17) is 0 Å². The maximum atomic E-state index is 13.2. The minimum Gasteiger partial charge on any atom is -0.292 e. The van der Waals surface area contributed by atoms with E-state index in [1.807, 2.05) is 6.08 Å². The van der Waals surface area contributed by atoms with Crippen LogP contribution in [0.5, 0.6) is 0 Å². The van der Waals surface area contributed by atoms with Crippen LogP contribution in [0.25, 0.3) is 0 Å². The normalized spacial score (nSPS) is 30.0. The van der Waals surface area contributed by atoms with E-state index >= 15 is 0 Å². The fraction of sp³-hybridized carbons (Fsp3) is 0.333. The van der Waals surface area contributed by atoms with E-state index < -0.39 is 17.9 Å². The molecule has 4 rings (SSSR count). The number of benzene rings is 1. The molecule has 0 radical (unpaired) electrons. The van der Waals surface area contributed by atoms with Crippen molar-refractivity contribution in [2.24, 2.45) is 16.9 Å². The maximum absolute atomic E-state index is 13.2. The molecule has 0 aliphatic carbocycles. The van der Waals surface area contributed by atoms with Crippen molar-refractivity contribution >= 4 is 39.7 Å². The van der Waals surface area contributed by atoms with E-state index in [9.17, 15) is 14.4 Å². The second-order valence-electron chi connectivity index (χ2n) is 6.31. The Bertz CT molecular complexity index is 817. The molecule has 1 aromatic rings. The summed E-state index contributed by atoms with van der Waals surface area (Å²) in [4.78, 5) is 40.0. The number of Topliss-reactive ketones (excluding diaryl/α,β-unsaturated/α-hetero) is 1. The van der Waals surface area contributed by atoms with Crippen LogP contribution in [0.15, 0.2) is 46.0 Å². The van der Waals surface area contributed by atoms with Crippen molar-refractivity contribution < 1.29 is 14.4 Å². The number of fused-ring (bicyclic) bond motifs is 3. The minimum atomic E-state index is -0.759. The first kappa shape index (κ1) is 16.2. The lowest BCUT2D eigenvalue weighted by atomic mass is 9.86. The quantitative estimate of drug-likeness (QED) is 0.572. The van der Waals surface area contributed by atoms with Crippen LogP contribution in [0.2, 0.25) is 0 Å². The fourth-order valence-electron chi connectivity index (χ4n) is 4.00. The number of hydrogen-bond donors (Lipinski definition) is 0. The number of rotatable bonds is 3. The Morgan fingerprint density at radius 3 is 2.52 bits per heavy atom. The molecule has 2 saturated heterocycles. The Morgan fingerprint density at radius 1 is 1.16 bits per heavy atom. The smallest absolute Gasteiger partial charge is 0.235 e. The van der Waals surface area contributed by atoms with Crippen LogP contribution in [0.4, 0.5) is 0 Å². The number of ketones is 1. The minimum absolute atomic E-state index is 0.184. The summed E-state index contributed by atoms with van der Waals surface area (Å²) in [6, 6.07) is 5.90. The molecular weight excluding hydrogens is 386 g/mol. The van der Waals surface area contributed by atoms with Crippen LogP contribution in [-0.2, 0) is 9.59 Å². The van der Waals surface area contributed by atoms with E-state index in [2.05, 4.69) is 21.0 Å². The molecule has 0 bridgehead atoms. The van der Waals surface area contributed by atoms with Gasteiger partial charge in [0.1, 0.15) is 6.04 Å². The molecule has 1 aromatic carbocycles. The second kappa shape index (κ2) is 5.91. The number of amides is 2. The Kier molecular flexibility index (Phi) is 3.83. The fourth-order valence-corrected chi connectivity index (χ4v) is 4.26. The van der Waals surface area contributed by atoms with Crippen LogP contribution in [0.3, 0.4) is 0 Å². The number of hydrazone groups is 1. The van der Waals surface area contributed by atoms with Crippen molar-refractivity contribution in [3.05, 3.63) is 46.5 Å². The van der Waals surface area contributed by atoms with Gasteiger partial charge in [-0.2, -0.15) is 5.10 Å². The predicted octanol–water partition coefficient (Wildman–Crippen LogP) is 1.86. The van der Waals surface area contributed by atoms with E-state index in [0.717, 1.165) is 4.47 Å². The molecule has 6 nitrogen and oxygen atoms in total. The summed E-state index contributed by atoms with van der Waals surface area (Å²) < 4.78 is 0.870. The van der Waals surface area contributed by atoms with Crippen molar-refractivity contribution in [1.29, 1.82) is 0 Å². The van der Waals surface area contributed by atoms with Crippen LogP contribution < -0.4 is 0 Å². The van der Waals surface area contributed by atoms with Gasteiger partial charge in [0.15, 0.2) is 5.78 Å². The number of carbonyl (C=O) groups excluding carboxylic acids is 3. The van der Waals surface area contributed by atoms with Crippen LogP contribution in [0, 0.1) is 11.8 Å². The molecule has 0 N–H and O–H groups in total. The number of hydrogen-bond acceptors (Lipinski definition) is 5.